The summed E-state index contributed by atoms with van der Waals surface area (Å²) in [6.07, 6.45) is 12.2. The Morgan fingerprint density at radius 1 is 0.625 bits per heavy atom. The molecule has 0 N–H and O–H groups in total. The minimum Gasteiger partial charge on any atom is -0.457 e. The van der Waals surface area contributed by atoms with Gasteiger partial charge in [0.05, 0.1) is 0 Å². The van der Waals surface area contributed by atoms with Gasteiger partial charge in [-0.2, -0.15) is 0 Å². The van der Waals surface area contributed by atoms with E-state index in [-0.39, 0.29) is 0 Å². The molecule has 0 unspecified atom stereocenters. The summed E-state index contributed by atoms with van der Waals surface area (Å²) in [4.78, 5) is 0. The van der Waals surface area contributed by atoms with Crippen molar-refractivity contribution in [2.75, 3.05) is 0 Å². The molecular formula is C22H30O2. The predicted octanol–water partition coefficient (Wildman–Crippen LogP) is 7.42. The van der Waals surface area contributed by atoms with E-state index in [9.17, 15) is 0 Å². The van der Waals surface area contributed by atoms with Crippen molar-refractivity contribution in [1.29, 1.82) is 0 Å². The van der Waals surface area contributed by atoms with E-state index < -0.39 is 0 Å². The molecule has 0 aliphatic carbocycles. The second kappa shape index (κ2) is 8.41. The molecule has 0 atom stereocenters. The van der Waals surface area contributed by atoms with Crippen LogP contribution >= 0.6 is 0 Å². The molecule has 0 saturated carbocycles. The predicted molar refractivity (Wildman–Crippen MR) is 102 cm³/mol. The lowest BCUT2D eigenvalue weighted by atomic mass is 10.1. The molecule has 24 heavy (non-hydrogen) atoms. The van der Waals surface area contributed by atoms with Crippen molar-refractivity contribution < 1.29 is 8.83 Å². The molecule has 3 rings (SSSR count). The number of fused-ring (bicyclic) bond motifs is 3. The normalized spacial score (nSPS) is 11.8. The molecule has 2 heterocycles. The maximum Gasteiger partial charge on any atom is 0.177 e. The first-order valence-corrected chi connectivity index (χ1v) is 9.75. The van der Waals surface area contributed by atoms with Crippen LogP contribution in [0, 0.1) is 0 Å². The average Bonchev–Trinajstić information content (AvgIpc) is 3.18. The fraction of sp³-hybridized carbons (Fsp3) is 0.545. The van der Waals surface area contributed by atoms with Gasteiger partial charge in [-0.05, 0) is 25.0 Å². The lowest BCUT2D eigenvalue weighted by molar-refractivity contribution is 0.505. The van der Waals surface area contributed by atoms with Crippen molar-refractivity contribution in [2.24, 2.45) is 0 Å². The van der Waals surface area contributed by atoms with Crippen molar-refractivity contribution in [2.45, 2.75) is 78.1 Å². The number of hydrogen-bond donors (Lipinski definition) is 0. The molecule has 0 radical (unpaired) electrons. The lowest BCUT2D eigenvalue weighted by Crippen LogP contribution is -1.82. The van der Waals surface area contributed by atoms with Crippen LogP contribution < -0.4 is 0 Å². The first-order chi connectivity index (χ1) is 11.8. The van der Waals surface area contributed by atoms with Crippen LogP contribution in [0.1, 0.15) is 76.7 Å². The van der Waals surface area contributed by atoms with Crippen molar-refractivity contribution in [3.8, 4) is 0 Å². The smallest absolute Gasteiger partial charge is 0.177 e. The van der Waals surface area contributed by atoms with E-state index in [1.54, 1.807) is 0 Å². The molecule has 0 aliphatic heterocycles. The van der Waals surface area contributed by atoms with Crippen LogP contribution in [0.5, 0.6) is 0 Å². The van der Waals surface area contributed by atoms with E-state index in [0.717, 1.165) is 35.5 Å². The Hall–Kier alpha value is -1.70. The quantitative estimate of drug-likeness (QED) is 0.362. The summed E-state index contributed by atoms with van der Waals surface area (Å²) >= 11 is 0. The van der Waals surface area contributed by atoms with Gasteiger partial charge in [0.1, 0.15) is 11.5 Å². The van der Waals surface area contributed by atoms with Crippen molar-refractivity contribution in [3.63, 3.8) is 0 Å². The lowest BCUT2D eigenvalue weighted by Gasteiger charge is -1.96. The summed E-state index contributed by atoms with van der Waals surface area (Å²) in [7, 11) is 0. The molecule has 0 bridgehead atoms. The Balaban J connectivity index is 1.73. The molecule has 2 heteroatoms. The topological polar surface area (TPSA) is 26.3 Å². The summed E-state index contributed by atoms with van der Waals surface area (Å²) in [5.74, 6) is 2.18. The monoisotopic (exact) mass is 326 g/mol. The Bertz CT molecular complexity index is 697. The first kappa shape index (κ1) is 17.1. The Kier molecular flexibility index (Phi) is 6.01. The van der Waals surface area contributed by atoms with Gasteiger partial charge in [0.2, 0.25) is 0 Å². The highest BCUT2D eigenvalue weighted by Crippen LogP contribution is 2.31. The molecule has 2 aromatic heterocycles. The van der Waals surface area contributed by atoms with E-state index in [4.69, 9.17) is 8.83 Å². The zero-order valence-electron chi connectivity index (χ0n) is 15.2. The summed E-state index contributed by atoms with van der Waals surface area (Å²) in [5.41, 5.74) is 1.86. The number of unbranched alkanes of at least 4 members (excludes halogenated alkanes) is 6. The van der Waals surface area contributed by atoms with Gasteiger partial charge in [0.15, 0.2) is 11.2 Å². The van der Waals surface area contributed by atoms with E-state index in [1.807, 2.05) is 0 Å². The number of benzene rings is 1. The largest absolute Gasteiger partial charge is 0.457 e. The number of furan rings is 2. The summed E-state index contributed by atoms with van der Waals surface area (Å²) in [5, 5.41) is 2.33. The highest BCUT2D eigenvalue weighted by Gasteiger charge is 2.12. The zero-order chi connectivity index (χ0) is 16.8. The van der Waals surface area contributed by atoms with Gasteiger partial charge in [0, 0.05) is 23.6 Å². The van der Waals surface area contributed by atoms with Crippen molar-refractivity contribution in [3.05, 3.63) is 35.8 Å². The fourth-order valence-corrected chi connectivity index (χ4v) is 3.40. The highest BCUT2D eigenvalue weighted by molar-refractivity contribution is 6.01. The van der Waals surface area contributed by atoms with E-state index in [1.165, 1.54) is 62.1 Å². The van der Waals surface area contributed by atoms with Gasteiger partial charge in [-0.15, -0.1) is 0 Å². The molecule has 0 amide bonds. The van der Waals surface area contributed by atoms with Gasteiger partial charge in [-0.25, -0.2) is 0 Å². The van der Waals surface area contributed by atoms with Crippen LogP contribution in [-0.2, 0) is 12.8 Å². The molecule has 3 aromatic rings. The van der Waals surface area contributed by atoms with Crippen LogP contribution in [0.15, 0.2) is 33.1 Å². The number of hydrogen-bond acceptors (Lipinski definition) is 2. The molecule has 0 fully saturated rings. The second-order valence-electron chi connectivity index (χ2n) is 6.95. The standard InChI is InChI=1S/C22H30O2/c1-3-5-7-9-11-19-15-17-13-14-18-16-20(12-10-8-6-4-2)24-22(18)21(17)23-19/h13-16H,3-12H2,1-2H3. The van der Waals surface area contributed by atoms with Crippen LogP contribution in [-0.4, -0.2) is 0 Å². The minimum absolute atomic E-state index is 0.929. The second-order valence-corrected chi connectivity index (χ2v) is 6.95. The SMILES string of the molecule is CCCCCCc1cc2ccc3cc(CCCCCC)oc3c2o1. The van der Waals surface area contributed by atoms with Crippen molar-refractivity contribution >= 4 is 21.9 Å². The fourth-order valence-electron chi connectivity index (χ4n) is 3.40. The summed E-state index contributed by atoms with van der Waals surface area (Å²) in [6, 6.07) is 8.69. The Morgan fingerprint density at radius 3 is 1.50 bits per heavy atom. The van der Waals surface area contributed by atoms with Gasteiger partial charge in [-0.3, -0.25) is 0 Å². The molecule has 1 aromatic carbocycles. The Morgan fingerprint density at radius 2 is 1.08 bits per heavy atom. The maximum absolute atomic E-state index is 6.12. The van der Waals surface area contributed by atoms with Crippen LogP contribution in [0.3, 0.4) is 0 Å². The van der Waals surface area contributed by atoms with E-state index in [2.05, 4.69) is 38.1 Å². The third kappa shape index (κ3) is 4.03. The number of aryl methyl sites for hydroxylation is 2. The van der Waals surface area contributed by atoms with Crippen LogP contribution in [0.2, 0.25) is 0 Å². The van der Waals surface area contributed by atoms with Crippen LogP contribution in [0.25, 0.3) is 21.9 Å². The minimum atomic E-state index is 0.929. The molecular weight excluding hydrogens is 296 g/mol. The third-order valence-electron chi connectivity index (χ3n) is 4.83. The Labute approximate surface area is 145 Å². The third-order valence-corrected chi connectivity index (χ3v) is 4.83. The summed E-state index contributed by atoms with van der Waals surface area (Å²) < 4.78 is 12.2. The summed E-state index contributed by atoms with van der Waals surface area (Å²) in [6.45, 7) is 4.49. The van der Waals surface area contributed by atoms with Gasteiger partial charge in [-0.1, -0.05) is 64.5 Å². The molecule has 0 aliphatic rings. The van der Waals surface area contributed by atoms with E-state index in [0.29, 0.717) is 0 Å². The molecule has 0 saturated heterocycles. The maximum atomic E-state index is 6.12. The molecule has 0 spiro atoms. The highest BCUT2D eigenvalue weighted by atomic mass is 16.4. The molecule has 2 nitrogen and oxygen atoms in total. The average molecular weight is 326 g/mol. The zero-order valence-corrected chi connectivity index (χ0v) is 15.2. The number of rotatable bonds is 10. The van der Waals surface area contributed by atoms with Crippen molar-refractivity contribution in [1.82, 2.24) is 0 Å². The van der Waals surface area contributed by atoms with E-state index >= 15 is 0 Å². The first-order valence-electron chi connectivity index (χ1n) is 9.75. The molecule has 130 valence electrons. The van der Waals surface area contributed by atoms with Crippen LogP contribution in [0.4, 0.5) is 0 Å². The van der Waals surface area contributed by atoms with Gasteiger partial charge >= 0.3 is 0 Å². The van der Waals surface area contributed by atoms with Gasteiger partial charge in [0.25, 0.3) is 0 Å². The van der Waals surface area contributed by atoms with Gasteiger partial charge < -0.3 is 8.83 Å².